The van der Waals surface area contributed by atoms with Crippen LogP contribution in [-0.2, 0) is 14.3 Å². The van der Waals surface area contributed by atoms with Crippen LogP contribution in [0.25, 0.3) is 0 Å². The molecule has 1 amide bonds. The lowest BCUT2D eigenvalue weighted by Gasteiger charge is -2.19. The van der Waals surface area contributed by atoms with Crippen LogP contribution in [0.5, 0.6) is 0 Å². The van der Waals surface area contributed by atoms with Gasteiger partial charge >= 0.3 is 5.97 Å². The third kappa shape index (κ3) is 7.24. The van der Waals surface area contributed by atoms with Crippen molar-refractivity contribution in [3.8, 4) is 0 Å². The van der Waals surface area contributed by atoms with Gasteiger partial charge in [0, 0.05) is 32.3 Å². The van der Waals surface area contributed by atoms with Crippen LogP contribution in [0.1, 0.15) is 40.5 Å². The minimum absolute atomic E-state index is 0.226. The molecule has 1 heterocycles. The van der Waals surface area contributed by atoms with Gasteiger partial charge in [0.1, 0.15) is 5.60 Å². The zero-order valence-corrected chi connectivity index (χ0v) is 12.9. The van der Waals surface area contributed by atoms with E-state index in [-0.39, 0.29) is 18.3 Å². The Morgan fingerprint density at radius 1 is 1.38 bits per heavy atom. The van der Waals surface area contributed by atoms with E-state index in [9.17, 15) is 9.59 Å². The predicted molar refractivity (Wildman–Crippen MR) is 78.8 cm³/mol. The zero-order valence-electron chi connectivity index (χ0n) is 12.9. The fourth-order valence-electron chi connectivity index (χ4n) is 1.52. The van der Waals surface area contributed by atoms with Gasteiger partial charge in [0.25, 0.3) is 0 Å². The summed E-state index contributed by atoms with van der Waals surface area (Å²) in [7, 11) is 0. The van der Waals surface area contributed by atoms with Gasteiger partial charge in [-0.1, -0.05) is 0 Å². The van der Waals surface area contributed by atoms with Crippen molar-refractivity contribution in [1.29, 1.82) is 0 Å². The summed E-state index contributed by atoms with van der Waals surface area (Å²) < 4.78 is 6.67. The van der Waals surface area contributed by atoms with Crippen LogP contribution in [-0.4, -0.2) is 39.8 Å². The highest BCUT2D eigenvalue weighted by molar-refractivity contribution is 5.96. The number of amides is 1. The molecule has 0 aliphatic carbocycles. The summed E-state index contributed by atoms with van der Waals surface area (Å²) in [6.45, 7) is 7.29. The van der Waals surface area contributed by atoms with Crippen LogP contribution in [0, 0.1) is 0 Å². The highest BCUT2D eigenvalue weighted by atomic mass is 16.6. The molecule has 0 saturated carbocycles. The van der Waals surface area contributed by atoms with Crippen molar-refractivity contribution >= 4 is 17.8 Å². The first-order chi connectivity index (χ1) is 9.78. The number of rotatable bonds is 4. The number of aliphatic imine (C=N–C) groups is 1. The molecule has 7 heteroatoms. The van der Waals surface area contributed by atoms with Gasteiger partial charge in [-0.15, -0.1) is 0 Å². The van der Waals surface area contributed by atoms with Crippen molar-refractivity contribution < 1.29 is 14.3 Å². The summed E-state index contributed by atoms with van der Waals surface area (Å²) in [5.74, 6) is -0.133. The average Bonchev–Trinajstić information content (AvgIpc) is 2.83. The summed E-state index contributed by atoms with van der Waals surface area (Å²) in [5.41, 5.74) is -0.475. The molecule has 0 aliphatic rings. The maximum absolute atomic E-state index is 11.6. The third-order valence-electron chi connectivity index (χ3n) is 2.23. The Labute approximate surface area is 124 Å². The van der Waals surface area contributed by atoms with Crippen LogP contribution < -0.4 is 5.32 Å². The van der Waals surface area contributed by atoms with Crippen molar-refractivity contribution in [2.45, 2.75) is 46.1 Å². The molecule has 116 valence electrons. The van der Waals surface area contributed by atoms with Crippen molar-refractivity contribution in [2.75, 3.05) is 6.54 Å². The zero-order chi connectivity index (χ0) is 15.9. The van der Waals surface area contributed by atoms with E-state index >= 15 is 0 Å². The molecule has 21 heavy (non-hydrogen) atoms. The second-order valence-corrected chi connectivity index (χ2v) is 5.53. The molecular formula is C14H22N4O3. The second kappa shape index (κ2) is 7.56. The summed E-state index contributed by atoms with van der Waals surface area (Å²) >= 11 is 0. The molecule has 0 saturated heterocycles. The van der Waals surface area contributed by atoms with Gasteiger partial charge in [-0.25, -0.2) is 4.68 Å². The molecule has 7 nitrogen and oxygen atoms in total. The lowest BCUT2D eigenvalue weighted by Crippen LogP contribution is -2.34. The number of hydrogen-bond acceptors (Lipinski definition) is 5. The molecule has 0 atom stereocenters. The molecule has 0 aliphatic heterocycles. The number of ether oxygens (including phenoxy) is 1. The molecule has 0 spiro atoms. The molecule has 0 aromatic carbocycles. The fourth-order valence-corrected chi connectivity index (χ4v) is 1.52. The number of aromatic nitrogens is 2. The second-order valence-electron chi connectivity index (χ2n) is 5.53. The van der Waals surface area contributed by atoms with Crippen LogP contribution >= 0.6 is 0 Å². The van der Waals surface area contributed by atoms with E-state index in [0.717, 1.165) is 0 Å². The lowest BCUT2D eigenvalue weighted by atomic mass is 10.2. The Bertz CT molecular complexity index is 501. The van der Waals surface area contributed by atoms with Gasteiger partial charge < -0.3 is 4.74 Å². The van der Waals surface area contributed by atoms with E-state index < -0.39 is 5.60 Å². The summed E-state index contributed by atoms with van der Waals surface area (Å²) in [4.78, 5) is 26.9. The van der Waals surface area contributed by atoms with Gasteiger partial charge in [0.2, 0.25) is 11.9 Å². The molecule has 0 fully saturated rings. The highest BCUT2D eigenvalue weighted by Gasteiger charge is 2.15. The third-order valence-corrected chi connectivity index (χ3v) is 2.23. The minimum atomic E-state index is -0.475. The topological polar surface area (TPSA) is 85.6 Å². The largest absolute Gasteiger partial charge is 0.460 e. The summed E-state index contributed by atoms with van der Waals surface area (Å²) in [6.07, 6.45) is 4.10. The fraction of sp³-hybridized carbons (Fsp3) is 0.571. The Morgan fingerprint density at radius 3 is 2.62 bits per heavy atom. The Hall–Kier alpha value is -2.18. The molecule has 1 aromatic rings. The quantitative estimate of drug-likeness (QED) is 0.393. The normalized spacial score (nSPS) is 12.1. The molecule has 1 aromatic heterocycles. The van der Waals surface area contributed by atoms with Crippen molar-refractivity contribution in [2.24, 2.45) is 4.99 Å². The van der Waals surface area contributed by atoms with E-state index in [1.165, 1.54) is 11.6 Å². The molecular weight excluding hydrogens is 272 g/mol. The van der Waals surface area contributed by atoms with Gasteiger partial charge in [-0.05, 0) is 33.3 Å². The summed E-state index contributed by atoms with van der Waals surface area (Å²) in [5, 5.41) is 6.62. The number of nitrogens with zero attached hydrogens (tertiary/aromatic N) is 3. The van der Waals surface area contributed by atoms with Crippen LogP contribution in [0.4, 0.5) is 0 Å². The maximum atomic E-state index is 11.6. The first-order valence-corrected chi connectivity index (χ1v) is 6.82. The van der Waals surface area contributed by atoms with Gasteiger partial charge in [0.15, 0.2) is 0 Å². The van der Waals surface area contributed by atoms with E-state index in [0.29, 0.717) is 18.9 Å². The average molecular weight is 294 g/mol. The minimum Gasteiger partial charge on any atom is -0.460 e. The molecule has 1 N–H and O–H groups in total. The molecule has 1 rings (SSSR count). The Kier molecular flexibility index (Phi) is 6.08. The smallest absolute Gasteiger partial charge is 0.306 e. The van der Waals surface area contributed by atoms with Crippen LogP contribution in [0.15, 0.2) is 23.5 Å². The predicted octanol–water partition coefficient (Wildman–Crippen LogP) is 1.35. The molecule has 0 unspecified atom stereocenters. The monoisotopic (exact) mass is 294 g/mol. The summed E-state index contributed by atoms with van der Waals surface area (Å²) in [6, 6.07) is 1.73. The van der Waals surface area contributed by atoms with E-state index in [1.807, 2.05) is 20.8 Å². The number of nitrogens with one attached hydrogen (secondary N) is 1. The molecule has 0 radical (unpaired) electrons. The first kappa shape index (κ1) is 16.9. The first-order valence-electron chi connectivity index (χ1n) is 6.82. The van der Waals surface area contributed by atoms with Crippen LogP contribution in [0.2, 0.25) is 0 Å². The van der Waals surface area contributed by atoms with E-state index in [4.69, 9.17) is 4.74 Å². The Morgan fingerprint density at radius 2 is 2.10 bits per heavy atom. The van der Waals surface area contributed by atoms with Gasteiger partial charge in [-0.2, -0.15) is 5.10 Å². The van der Waals surface area contributed by atoms with E-state index in [2.05, 4.69) is 15.4 Å². The van der Waals surface area contributed by atoms with Crippen molar-refractivity contribution in [1.82, 2.24) is 15.1 Å². The number of esters is 1. The molecule has 0 bridgehead atoms. The van der Waals surface area contributed by atoms with Gasteiger partial charge in [0.05, 0.1) is 0 Å². The van der Waals surface area contributed by atoms with Gasteiger partial charge in [-0.3, -0.25) is 19.9 Å². The number of hydrogen-bond donors (Lipinski definition) is 1. The number of carbonyl (C=O) groups excluding carboxylic acids is 2. The maximum Gasteiger partial charge on any atom is 0.306 e. The standard InChI is InChI=1S/C14H22N4O3/c1-11(19)17-13(18-10-6-9-16-18)15-8-5-7-12(20)21-14(2,3)4/h6,9-10H,5,7-8H2,1-4H3,(H,15,17,19). The van der Waals surface area contributed by atoms with E-state index in [1.54, 1.807) is 18.5 Å². The van der Waals surface area contributed by atoms with Crippen LogP contribution in [0.3, 0.4) is 0 Å². The van der Waals surface area contributed by atoms with Crippen molar-refractivity contribution in [3.05, 3.63) is 18.5 Å². The lowest BCUT2D eigenvalue weighted by molar-refractivity contribution is -0.154. The SMILES string of the molecule is CC(=O)NC(=NCCCC(=O)OC(C)(C)C)n1cccn1. The Balaban J connectivity index is 2.48. The number of carbonyl (C=O) groups is 2. The van der Waals surface area contributed by atoms with Crippen molar-refractivity contribution in [3.63, 3.8) is 0 Å². The highest BCUT2D eigenvalue weighted by Crippen LogP contribution is 2.09.